The molecule has 1 aromatic heterocycles. The lowest BCUT2D eigenvalue weighted by Gasteiger charge is -2.27. The number of rotatable bonds is 4. The van der Waals surface area contributed by atoms with Gasteiger partial charge in [0.15, 0.2) is 9.84 Å². The van der Waals surface area contributed by atoms with Gasteiger partial charge < -0.3 is 0 Å². The Morgan fingerprint density at radius 2 is 2.00 bits per heavy atom. The minimum Gasteiger partial charge on any atom is -0.295 e. The van der Waals surface area contributed by atoms with E-state index >= 15 is 0 Å². The standard InChI is InChI=1S/C15H19N5O4S2/c21-12-5-4-11(19-20(12)10-6-7-26(23,24)8-10)13(22)16-15-18-17-14(25-15)9-2-1-3-9/h9-10H,1-8H2,(H,16,18,22)/t10-/m1/s1. The summed E-state index contributed by atoms with van der Waals surface area (Å²) < 4.78 is 23.3. The maximum absolute atomic E-state index is 12.5. The first-order chi connectivity index (χ1) is 12.4. The van der Waals surface area contributed by atoms with Crippen molar-refractivity contribution in [3.05, 3.63) is 5.01 Å². The molecule has 2 fully saturated rings. The first-order valence-corrected chi connectivity index (χ1v) is 11.3. The third kappa shape index (κ3) is 3.50. The van der Waals surface area contributed by atoms with Crippen LogP contribution in [0.5, 0.6) is 0 Å². The number of hydrazone groups is 1. The van der Waals surface area contributed by atoms with Gasteiger partial charge in [-0.15, -0.1) is 10.2 Å². The van der Waals surface area contributed by atoms with Gasteiger partial charge >= 0.3 is 0 Å². The van der Waals surface area contributed by atoms with Crippen LogP contribution in [0.4, 0.5) is 5.13 Å². The van der Waals surface area contributed by atoms with E-state index in [-0.39, 0.29) is 36.0 Å². The van der Waals surface area contributed by atoms with Crippen LogP contribution in [0, 0.1) is 0 Å². The Bertz CT molecular complexity index is 874. The Labute approximate surface area is 154 Å². The molecule has 2 aliphatic heterocycles. The molecule has 0 radical (unpaired) electrons. The molecule has 3 aliphatic rings. The third-order valence-electron chi connectivity index (χ3n) is 4.99. The summed E-state index contributed by atoms with van der Waals surface area (Å²) in [5.74, 6) is -0.264. The quantitative estimate of drug-likeness (QED) is 0.806. The van der Waals surface area contributed by atoms with Gasteiger partial charge in [-0.2, -0.15) is 5.10 Å². The molecule has 3 heterocycles. The van der Waals surface area contributed by atoms with Crippen molar-refractivity contribution >= 4 is 43.8 Å². The van der Waals surface area contributed by atoms with E-state index in [1.165, 1.54) is 22.8 Å². The van der Waals surface area contributed by atoms with E-state index in [9.17, 15) is 18.0 Å². The highest BCUT2D eigenvalue weighted by atomic mass is 32.2. The van der Waals surface area contributed by atoms with E-state index in [0.717, 1.165) is 17.8 Å². The van der Waals surface area contributed by atoms with Crippen LogP contribution in [0.25, 0.3) is 0 Å². The second-order valence-corrected chi connectivity index (χ2v) is 10.1. The highest BCUT2D eigenvalue weighted by Gasteiger charge is 2.37. The fourth-order valence-electron chi connectivity index (χ4n) is 3.26. The molecule has 0 aromatic carbocycles. The van der Waals surface area contributed by atoms with Gasteiger partial charge in [0.05, 0.1) is 17.5 Å². The Hall–Kier alpha value is -1.88. The summed E-state index contributed by atoms with van der Waals surface area (Å²) in [4.78, 5) is 24.6. The summed E-state index contributed by atoms with van der Waals surface area (Å²) in [6, 6.07) is -0.484. The Kier molecular flexibility index (Phi) is 4.51. The van der Waals surface area contributed by atoms with Crippen molar-refractivity contribution in [2.24, 2.45) is 5.10 Å². The van der Waals surface area contributed by atoms with Gasteiger partial charge in [-0.1, -0.05) is 17.8 Å². The van der Waals surface area contributed by atoms with Crippen molar-refractivity contribution < 1.29 is 18.0 Å². The number of anilines is 1. The van der Waals surface area contributed by atoms with Crippen LogP contribution in [0.1, 0.15) is 49.5 Å². The molecule has 2 amide bonds. The summed E-state index contributed by atoms with van der Waals surface area (Å²) in [7, 11) is -3.14. The highest BCUT2D eigenvalue weighted by molar-refractivity contribution is 7.91. The second kappa shape index (κ2) is 6.69. The summed E-state index contributed by atoms with van der Waals surface area (Å²) >= 11 is 1.37. The topological polar surface area (TPSA) is 122 Å². The van der Waals surface area contributed by atoms with Crippen molar-refractivity contribution in [3.8, 4) is 0 Å². The third-order valence-corrected chi connectivity index (χ3v) is 7.74. The number of hydrogen-bond donors (Lipinski definition) is 1. The zero-order valence-corrected chi connectivity index (χ0v) is 15.7. The molecule has 1 aliphatic carbocycles. The van der Waals surface area contributed by atoms with Gasteiger partial charge in [0.1, 0.15) is 10.7 Å². The fourth-order valence-corrected chi connectivity index (χ4v) is 5.86. The van der Waals surface area contributed by atoms with E-state index in [1.54, 1.807) is 0 Å². The maximum Gasteiger partial charge on any atom is 0.273 e. The van der Waals surface area contributed by atoms with E-state index in [1.807, 2.05) is 0 Å². The van der Waals surface area contributed by atoms with Crippen molar-refractivity contribution in [2.45, 2.75) is 50.5 Å². The van der Waals surface area contributed by atoms with Crippen molar-refractivity contribution in [2.75, 3.05) is 16.8 Å². The molecule has 0 spiro atoms. The van der Waals surface area contributed by atoms with Gasteiger partial charge in [0.25, 0.3) is 5.91 Å². The molecule has 4 rings (SSSR count). The lowest BCUT2D eigenvalue weighted by molar-refractivity contribution is -0.133. The zero-order valence-electron chi connectivity index (χ0n) is 14.0. The molecule has 0 unspecified atom stereocenters. The molecule has 26 heavy (non-hydrogen) atoms. The van der Waals surface area contributed by atoms with Crippen LogP contribution in [-0.2, 0) is 19.4 Å². The molecule has 0 bridgehead atoms. The summed E-state index contributed by atoms with van der Waals surface area (Å²) in [5.41, 5.74) is 0.217. The first kappa shape index (κ1) is 17.5. The Morgan fingerprint density at radius 3 is 2.65 bits per heavy atom. The van der Waals surface area contributed by atoms with E-state index < -0.39 is 21.8 Å². The number of amides is 2. The van der Waals surface area contributed by atoms with Crippen LogP contribution < -0.4 is 5.32 Å². The molecule has 1 saturated heterocycles. The van der Waals surface area contributed by atoms with Crippen LogP contribution in [0.3, 0.4) is 0 Å². The second-order valence-electron chi connectivity index (χ2n) is 6.87. The van der Waals surface area contributed by atoms with Gasteiger partial charge in [-0.25, -0.2) is 13.4 Å². The van der Waals surface area contributed by atoms with Gasteiger partial charge in [-0.3, -0.25) is 14.9 Å². The number of aromatic nitrogens is 2. The Balaban J connectivity index is 1.45. The number of nitrogens with zero attached hydrogens (tertiary/aromatic N) is 4. The number of sulfone groups is 1. The lowest BCUT2D eigenvalue weighted by atomic mass is 9.86. The molecule has 1 aromatic rings. The first-order valence-electron chi connectivity index (χ1n) is 8.66. The predicted molar refractivity (Wildman–Crippen MR) is 95.7 cm³/mol. The highest BCUT2D eigenvalue weighted by Crippen LogP contribution is 2.38. The minimum atomic E-state index is -3.14. The van der Waals surface area contributed by atoms with Crippen molar-refractivity contribution in [3.63, 3.8) is 0 Å². The minimum absolute atomic E-state index is 0.0488. The van der Waals surface area contributed by atoms with Gasteiger partial charge in [-0.05, 0) is 19.3 Å². The Morgan fingerprint density at radius 1 is 1.19 bits per heavy atom. The fraction of sp³-hybridized carbons (Fsp3) is 0.667. The lowest BCUT2D eigenvalue weighted by Crippen LogP contribution is -2.42. The normalized spacial score (nSPS) is 25.7. The molecule has 1 atom stereocenters. The van der Waals surface area contributed by atoms with Crippen LogP contribution in [0.15, 0.2) is 5.10 Å². The smallest absolute Gasteiger partial charge is 0.273 e. The maximum atomic E-state index is 12.5. The van der Waals surface area contributed by atoms with E-state index in [0.29, 0.717) is 17.5 Å². The molecule has 140 valence electrons. The molecule has 1 saturated carbocycles. The number of nitrogens with one attached hydrogen (secondary N) is 1. The largest absolute Gasteiger partial charge is 0.295 e. The van der Waals surface area contributed by atoms with Crippen LogP contribution in [0.2, 0.25) is 0 Å². The van der Waals surface area contributed by atoms with Gasteiger partial charge in [0, 0.05) is 18.8 Å². The van der Waals surface area contributed by atoms with Crippen molar-refractivity contribution in [1.82, 2.24) is 15.2 Å². The average molecular weight is 397 g/mol. The SMILES string of the molecule is O=C(Nc1nnc(C2CCC2)s1)C1=NN([C@@H]2CCS(=O)(=O)C2)C(=O)CC1. The molecule has 11 heteroatoms. The predicted octanol–water partition coefficient (Wildman–Crippen LogP) is 0.910. The monoisotopic (exact) mass is 397 g/mol. The summed E-state index contributed by atoms with van der Waals surface area (Å²) in [5, 5.41) is 17.5. The molecular weight excluding hydrogens is 378 g/mol. The van der Waals surface area contributed by atoms with E-state index in [4.69, 9.17) is 0 Å². The molecule has 9 nitrogen and oxygen atoms in total. The average Bonchev–Trinajstić information content (AvgIpc) is 3.12. The summed E-state index contributed by atoms with van der Waals surface area (Å²) in [6.07, 6.45) is 4.14. The van der Waals surface area contributed by atoms with E-state index in [2.05, 4.69) is 20.6 Å². The number of hydrogen-bond acceptors (Lipinski definition) is 8. The molecule has 1 N–H and O–H groups in total. The van der Waals surface area contributed by atoms with Crippen molar-refractivity contribution in [1.29, 1.82) is 0 Å². The number of carbonyl (C=O) groups is 2. The molecular formula is C15H19N5O4S2. The van der Waals surface area contributed by atoms with Crippen LogP contribution in [-0.4, -0.2) is 58.7 Å². The van der Waals surface area contributed by atoms with Gasteiger partial charge in [0.2, 0.25) is 11.0 Å². The zero-order chi connectivity index (χ0) is 18.3. The number of carbonyl (C=O) groups excluding carboxylic acids is 2. The van der Waals surface area contributed by atoms with Crippen LogP contribution >= 0.6 is 11.3 Å². The summed E-state index contributed by atoms with van der Waals surface area (Å²) in [6.45, 7) is 0.